The Bertz CT molecular complexity index is 1280. The van der Waals surface area contributed by atoms with Gasteiger partial charge in [0.2, 0.25) is 11.4 Å². The average Bonchev–Trinajstić information content (AvgIpc) is 3.23. The van der Waals surface area contributed by atoms with Crippen LogP contribution in [0.4, 0.5) is 32.0 Å². The molecule has 0 saturated carbocycles. The summed E-state index contributed by atoms with van der Waals surface area (Å²) in [4.78, 5) is 27.0. The Morgan fingerprint density at radius 3 is 2.15 bits per heavy atom. The van der Waals surface area contributed by atoms with Crippen molar-refractivity contribution in [3.05, 3.63) is 64.7 Å². The second-order valence-corrected chi connectivity index (χ2v) is 10.4. The number of carbonyl (C=O) groups is 2. The highest BCUT2D eigenvalue weighted by Gasteiger charge is 2.74. The van der Waals surface area contributed by atoms with Gasteiger partial charge in [-0.3, -0.25) is 14.5 Å². The first-order valence-corrected chi connectivity index (χ1v) is 13.3. The Morgan fingerprint density at radius 1 is 1.02 bits per heavy atom. The zero-order valence-electron chi connectivity index (χ0n) is 21.0. The number of morpholine rings is 1. The fourth-order valence-electron chi connectivity index (χ4n) is 5.25. The SMILES string of the molecule is CC(=O)N1Cc2cc(CS(=O)O)ccc2C1C(=O)Nc1ccc(C(N2CCOCC2)(C(F)(F)F)C(F)(F)F)cc1. The third kappa shape index (κ3) is 5.47. The highest BCUT2D eigenvalue weighted by molar-refractivity contribution is 7.78. The summed E-state index contributed by atoms with van der Waals surface area (Å²) in [6, 6.07) is 6.81. The van der Waals surface area contributed by atoms with Gasteiger partial charge in [-0.05, 0) is 34.4 Å². The number of halogens is 6. The first kappa shape index (κ1) is 30.0. The van der Waals surface area contributed by atoms with Crippen molar-refractivity contribution in [1.82, 2.24) is 9.80 Å². The lowest BCUT2D eigenvalue weighted by atomic mass is 9.85. The molecule has 2 aromatic carbocycles. The van der Waals surface area contributed by atoms with Crippen molar-refractivity contribution in [1.29, 1.82) is 0 Å². The van der Waals surface area contributed by atoms with Crippen LogP contribution in [0.2, 0.25) is 0 Å². The van der Waals surface area contributed by atoms with Crippen LogP contribution in [0.3, 0.4) is 0 Å². The van der Waals surface area contributed by atoms with Crippen molar-refractivity contribution >= 4 is 28.6 Å². The van der Waals surface area contributed by atoms with Gasteiger partial charge in [-0.25, -0.2) is 4.21 Å². The van der Waals surface area contributed by atoms with Gasteiger partial charge in [0.25, 0.3) is 5.91 Å². The Hall–Kier alpha value is -3.01. The van der Waals surface area contributed by atoms with Gasteiger partial charge in [0, 0.05) is 32.2 Å². The summed E-state index contributed by atoms with van der Waals surface area (Å²) >= 11 is -2.11. The number of hydrogen-bond donors (Lipinski definition) is 2. The molecule has 2 aromatic rings. The first-order valence-electron chi connectivity index (χ1n) is 12.0. The third-order valence-electron chi connectivity index (χ3n) is 6.97. The average molecular weight is 594 g/mol. The number of amides is 2. The van der Waals surface area contributed by atoms with Gasteiger partial charge < -0.3 is 19.5 Å². The molecule has 2 N–H and O–H groups in total. The summed E-state index contributed by atoms with van der Waals surface area (Å²) in [6.45, 7) is -0.490. The van der Waals surface area contributed by atoms with Crippen molar-refractivity contribution in [2.24, 2.45) is 0 Å². The molecule has 218 valence electrons. The number of hydrogen-bond acceptors (Lipinski definition) is 5. The number of alkyl halides is 6. The second kappa shape index (κ2) is 11.1. The van der Waals surface area contributed by atoms with E-state index in [0.29, 0.717) is 33.7 Å². The van der Waals surface area contributed by atoms with Crippen LogP contribution in [0, 0.1) is 0 Å². The molecule has 8 nitrogen and oxygen atoms in total. The van der Waals surface area contributed by atoms with Gasteiger partial charge in [-0.1, -0.05) is 30.3 Å². The van der Waals surface area contributed by atoms with Gasteiger partial charge in [0.15, 0.2) is 11.1 Å². The highest BCUT2D eigenvalue weighted by Crippen LogP contribution is 2.54. The maximum absolute atomic E-state index is 14.3. The normalized spacial score (nSPS) is 19.3. The minimum absolute atomic E-state index is 0.0346. The summed E-state index contributed by atoms with van der Waals surface area (Å²) in [6.07, 6.45) is -11.4. The molecule has 2 aliphatic heterocycles. The minimum atomic E-state index is -5.72. The summed E-state index contributed by atoms with van der Waals surface area (Å²) in [5, 5.41) is 2.47. The van der Waals surface area contributed by atoms with Crippen LogP contribution in [0.1, 0.15) is 35.2 Å². The van der Waals surface area contributed by atoms with E-state index in [9.17, 15) is 40.1 Å². The summed E-state index contributed by atoms with van der Waals surface area (Å²) < 4.78 is 111. The molecule has 2 aliphatic rings. The lowest BCUT2D eigenvalue weighted by molar-refractivity contribution is -0.353. The molecule has 2 atom stereocenters. The van der Waals surface area contributed by atoms with Crippen LogP contribution in [-0.2, 0) is 43.2 Å². The molecule has 0 bridgehead atoms. The van der Waals surface area contributed by atoms with Gasteiger partial charge in [-0.2, -0.15) is 26.3 Å². The van der Waals surface area contributed by atoms with Gasteiger partial charge >= 0.3 is 12.4 Å². The van der Waals surface area contributed by atoms with Crippen molar-refractivity contribution in [3.8, 4) is 0 Å². The van der Waals surface area contributed by atoms with E-state index < -0.39 is 65.5 Å². The third-order valence-corrected chi connectivity index (χ3v) is 7.55. The molecule has 2 amide bonds. The van der Waals surface area contributed by atoms with Crippen molar-refractivity contribution in [2.45, 2.75) is 43.2 Å². The van der Waals surface area contributed by atoms with Crippen molar-refractivity contribution in [3.63, 3.8) is 0 Å². The smallest absolute Gasteiger partial charge is 0.379 e. The summed E-state index contributed by atoms with van der Waals surface area (Å²) in [5.41, 5.74) is -3.89. The number of carbonyl (C=O) groups excluding carboxylic acids is 2. The van der Waals surface area contributed by atoms with Crippen molar-refractivity contribution < 1.29 is 49.4 Å². The quantitative estimate of drug-likeness (QED) is 0.387. The summed E-state index contributed by atoms with van der Waals surface area (Å²) in [7, 11) is 0. The Labute approximate surface area is 227 Å². The second-order valence-electron chi connectivity index (χ2n) is 9.42. The zero-order valence-corrected chi connectivity index (χ0v) is 21.8. The monoisotopic (exact) mass is 593 g/mol. The number of anilines is 1. The fraction of sp³-hybridized carbons (Fsp3) is 0.440. The van der Waals surface area contributed by atoms with Gasteiger partial charge in [0.05, 0.1) is 19.0 Å². The molecule has 0 aliphatic carbocycles. The van der Waals surface area contributed by atoms with E-state index in [1.54, 1.807) is 6.07 Å². The van der Waals surface area contributed by atoms with Gasteiger partial charge in [-0.15, -0.1) is 0 Å². The highest BCUT2D eigenvalue weighted by atomic mass is 32.2. The topological polar surface area (TPSA) is 99.2 Å². The predicted molar refractivity (Wildman–Crippen MR) is 131 cm³/mol. The number of nitrogens with zero attached hydrogens (tertiary/aromatic N) is 2. The Balaban J connectivity index is 1.64. The lowest BCUT2D eigenvalue weighted by Crippen LogP contribution is -2.66. The van der Waals surface area contributed by atoms with E-state index in [4.69, 9.17) is 9.29 Å². The predicted octanol–water partition coefficient (Wildman–Crippen LogP) is 4.10. The lowest BCUT2D eigenvalue weighted by Gasteiger charge is -2.47. The molecule has 4 rings (SSSR count). The van der Waals surface area contributed by atoms with Crippen molar-refractivity contribution in [2.75, 3.05) is 31.6 Å². The molecule has 1 saturated heterocycles. The molecule has 0 radical (unpaired) electrons. The van der Waals surface area contributed by atoms with E-state index in [1.807, 2.05) is 0 Å². The minimum Gasteiger partial charge on any atom is -0.379 e. The van der Waals surface area contributed by atoms with E-state index in [2.05, 4.69) is 5.32 Å². The fourth-order valence-corrected chi connectivity index (χ4v) is 5.71. The standard InChI is InChI=1S/C25H25F6N3O5S/c1-15(35)34-13-17-12-16(14-40(37)38)2-7-20(17)21(34)22(36)32-19-5-3-18(4-6-19)23(24(26,27)28,25(29,30)31)33-8-10-39-11-9-33/h2-7,12,21H,8-11,13-14H2,1H3,(H,32,36)(H,37,38). The summed E-state index contributed by atoms with van der Waals surface area (Å²) in [5.74, 6) is -1.34. The molecular formula is C25H25F6N3O5S. The molecule has 2 unspecified atom stereocenters. The van der Waals surface area contributed by atoms with Crippen LogP contribution in [0.15, 0.2) is 42.5 Å². The largest absolute Gasteiger partial charge is 0.420 e. The maximum atomic E-state index is 14.3. The molecule has 2 heterocycles. The van der Waals surface area contributed by atoms with Crippen LogP contribution in [0.25, 0.3) is 0 Å². The number of ether oxygens (including phenoxy) is 1. The van der Waals surface area contributed by atoms with E-state index in [1.165, 1.54) is 24.0 Å². The number of benzene rings is 2. The van der Waals surface area contributed by atoms with E-state index in [-0.39, 0.29) is 31.2 Å². The van der Waals surface area contributed by atoms with Crippen LogP contribution >= 0.6 is 0 Å². The number of fused-ring (bicyclic) bond motifs is 1. The van der Waals surface area contributed by atoms with Gasteiger partial charge in [0.1, 0.15) is 6.04 Å². The molecule has 40 heavy (non-hydrogen) atoms. The Morgan fingerprint density at radius 2 is 1.62 bits per heavy atom. The van der Waals surface area contributed by atoms with E-state index >= 15 is 0 Å². The van der Waals surface area contributed by atoms with Crippen LogP contribution < -0.4 is 5.32 Å². The molecule has 15 heteroatoms. The number of nitrogens with one attached hydrogen (secondary N) is 1. The van der Waals surface area contributed by atoms with E-state index in [0.717, 1.165) is 12.1 Å². The van der Waals surface area contributed by atoms with Crippen LogP contribution in [-0.4, -0.2) is 69.0 Å². The molecule has 0 spiro atoms. The molecular weight excluding hydrogens is 568 g/mol. The van der Waals surface area contributed by atoms with Crippen LogP contribution in [0.5, 0.6) is 0 Å². The first-order chi connectivity index (χ1) is 18.7. The zero-order chi connectivity index (χ0) is 29.5. The number of rotatable bonds is 6. The molecule has 1 fully saturated rings. The molecule has 0 aromatic heterocycles. The maximum Gasteiger partial charge on any atom is 0.420 e. The Kier molecular flexibility index (Phi) is 8.32.